The lowest BCUT2D eigenvalue weighted by Gasteiger charge is -2.06. The Bertz CT molecular complexity index is 544. The summed E-state index contributed by atoms with van der Waals surface area (Å²) >= 11 is 0. The van der Waals surface area contributed by atoms with Gasteiger partial charge in [-0.1, -0.05) is 36.4 Å². The molecule has 98 valence electrons. The van der Waals surface area contributed by atoms with Crippen LogP contribution in [-0.2, 0) is 16.1 Å². The highest BCUT2D eigenvalue weighted by Crippen LogP contribution is 2.21. The van der Waals surface area contributed by atoms with Gasteiger partial charge in [0.25, 0.3) is 0 Å². The summed E-state index contributed by atoms with van der Waals surface area (Å²) in [6, 6.07) is 16.3. The van der Waals surface area contributed by atoms with Gasteiger partial charge in [-0.15, -0.1) is 0 Å². The number of hydrogen-bond donors (Lipinski definition) is 1. The third-order valence-electron chi connectivity index (χ3n) is 2.90. The van der Waals surface area contributed by atoms with Gasteiger partial charge in [0.15, 0.2) is 0 Å². The van der Waals surface area contributed by atoms with E-state index in [1.807, 2.05) is 43.4 Å². The Hall–Kier alpha value is -2.29. The minimum absolute atomic E-state index is 0.258. The molecule has 0 unspecified atom stereocenters. The maximum atomic E-state index is 10.7. The normalized spacial score (nSPS) is 10.0. The first-order valence-corrected chi connectivity index (χ1v) is 6.19. The number of rotatable bonds is 4. The van der Waals surface area contributed by atoms with Crippen LogP contribution in [0.25, 0.3) is 11.1 Å². The van der Waals surface area contributed by atoms with Crippen LogP contribution in [0, 0.1) is 0 Å². The van der Waals surface area contributed by atoms with Crippen LogP contribution in [0.15, 0.2) is 48.5 Å². The van der Waals surface area contributed by atoms with Crippen molar-refractivity contribution >= 4 is 11.7 Å². The van der Waals surface area contributed by atoms with Gasteiger partial charge in [0.2, 0.25) is 0 Å². The molecule has 0 radical (unpaired) electrons. The molecule has 0 fully saturated rings. The second-order valence-electron chi connectivity index (χ2n) is 4.30. The molecule has 0 aromatic heterocycles. The zero-order valence-electron chi connectivity index (χ0n) is 11.1. The van der Waals surface area contributed by atoms with Crippen molar-refractivity contribution in [1.82, 2.24) is 0 Å². The lowest BCUT2D eigenvalue weighted by atomic mass is 10.0. The van der Waals surface area contributed by atoms with E-state index in [0.717, 1.165) is 22.4 Å². The van der Waals surface area contributed by atoms with Crippen LogP contribution in [0.1, 0.15) is 12.5 Å². The number of hydrogen-bond acceptors (Lipinski definition) is 3. The molecule has 0 aliphatic carbocycles. The van der Waals surface area contributed by atoms with Gasteiger partial charge in [0.05, 0.1) is 0 Å². The molecule has 3 nitrogen and oxygen atoms in total. The first-order chi connectivity index (χ1) is 9.19. The number of carbonyl (C=O) groups excluding carboxylic acids is 1. The molecule has 2 aromatic rings. The van der Waals surface area contributed by atoms with E-state index in [-0.39, 0.29) is 5.97 Å². The Labute approximate surface area is 113 Å². The molecule has 0 saturated heterocycles. The molecule has 0 aliphatic heterocycles. The highest BCUT2D eigenvalue weighted by molar-refractivity contribution is 5.67. The van der Waals surface area contributed by atoms with Crippen LogP contribution >= 0.6 is 0 Å². The van der Waals surface area contributed by atoms with Crippen molar-refractivity contribution in [3.8, 4) is 11.1 Å². The Kier molecular flexibility index (Phi) is 4.18. The molecule has 0 heterocycles. The van der Waals surface area contributed by atoms with E-state index in [9.17, 15) is 4.79 Å². The van der Waals surface area contributed by atoms with Crippen molar-refractivity contribution in [2.45, 2.75) is 13.5 Å². The van der Waals surface area contributed by atoms with Crippen LogP contribution in [0.5, 0.6) is 0 Å². The van der Waals surface area contributed by atoms with E-state index in [1.165, 1.54) is 6.92 Å². The Morgan fingerprint density at radius 1 is 1.00 bits per heavy atom. The molecule has 0 bridgehead atoms. The summed E-state index contributed by atoms with van der Waals surface area (Å²) < 4.78 is 4.96. The van der Waals surface area contributed by atoms with Crippen LogP contribution < -0.4 is 5.32 Å². The summed E-state index contributed by atoms with van der Waals surface area (Å²) in [5.41, 5.74) is 4.40. The van der Waals surface area contributed by atoms with Gasteiger partial charge < -0.3 is 10.1 Å². The topological polar surface area (TPSA) is 38.3 Å². The fourth-order valence-electron chi connectivity index (χ4n) is 1.81. The zero-order valence-corrected chi connectivity index (χ0v) is 11.1. The van der Waals surface area contributed by atoms with Gasteiger partial charge in [-0.2, -0.15) is 0 Å². The second-order valence-corrected chi connectivity index (χ2v) is 4.30. The summed E-state index contributed by atoms with van der Waals surface area (Å²) in [5, 5.41) is 3.09. The largest absolute Gasteiger partial charge is 0.461 e. The molecule has 0 aliphatic rings. The van der Waals surface area contributed by atoms with Crippen molar-refractivity contribution in [1.29, 1.82) is 0 Å². The third-order valence-corrected chi connectivity index (χ3v) is 2.90. The summed E-state index contributed by atoms with van der Waals surface area (Å²) in [6.07, 6.45) is 0. The van der Waals surface area contributed by atoms with E-state index in [1.54, 1.807) is 0 Å². The number of ether oxygens (including phenoxy) is 1. The van der Waals surface area contributed by atoms with Crippen molar-refractivity contribution in [2.75, 3.05) is 12.4 Å². The first kappa shape index (κ1) is 13.1. The number of anilines is 1. The predicted octanol–water partition coefficient (Wildman–Crippen LogP) is 3.46. The quantitative estimate of drug-likeness (QED) is 0.850. The first-order valence-electron chi connectivity index (χ1n) is 6.19. The van der Waals surface area contributed by atoms with Crippen LogP contribution in [0.2, 0.25) is 0 Å². The second kappa shape index (κ2) is 6.05. The van der Waals surface area contributed by atoms with E-state index < -0.39 is 0 Å². The van der Waals surface area contributed by atoms with E-state index in [2.05, 4.69) is 17.4 Å². The van der Waals surface area contributed by atoms with Crippen LogP contribution in [0.4, 0.5) is 5.69 Å². The van der Waals surface area contributed by atoms with E-state index >= 15 is 0 Å². The van der Waals surface area contributed by atoms with Gasteiger partial charge in [0.1, 0.15) is 6.61 Å². The summed E-state index contributed by atoms with van der Waals surface area (Å²) in [7, 11) is 1.90. The SMILES string of the molecule is CNc1ccc(-c2ccc(COC(C)=O)cc2)cc1. The minimum Gasteiger partial charge on any atom is -0.461 e. The van der Waals surface area contributed by atoms with Gasteiger partial charge in [0, 0.05) is 19.7 Å². The van der Waals surface area contributed by atoms with Gasteiger partial charge in [-0.25, -0.2) is 0 Å². The average Bonchev–Trinajstić information content (AvgIpc) is 2.46. The molecule has 0 spiro atoms. The van der Waals surface area contributed by atoms with Crippen molar-refractivity contribution < 1.29 is 9.53 Å². The highest BCUT2D eigenvalue weighted by atomic mass is 16.5. The van der Waals surface area contributed by atoms with Gasteiger partial charge >= 0.3 is 5.97 Å². The maximum absolute atomic E-state index is 10.7. The fourth-order valence-corrected chi connectivity index (χ4v) is 1.81. The lowest BCUT2D eigenvalue weighted by molar-refractivity contribution is -0.142. The molecule has 2 rings (SSSR count). The number of benzene rings is 2. The summed E-state index contributed by atoms with van der Waals surface area (Å²) in [5.74, 6) is -0.258. The predicted molar refractivity (Wildman–Crippen MR) is 76.9 cm³/mol. The van der Waals surface area contributed by atoms with Crippen molar-refractivity contribution in [3.05, 3.63) is 54.1 Å². The third kappa shape index (κ3) is 3.58. The monoisotopic (exact) mass is 255 g/mol. The van der Waals surface area contributed by atoms with Crippen LogP contribution in [0.3, 0.4) is 0 Å². The van der Waals surface area contributed by atoms with E-state index in [4.69, 9.17) is 4.74 Å². The van der Waals surface area contributed by atoms with Crippen LogP contribution in [-0.4, -0.2) is 13.0 Å². The van der Waals surface area contributed by atoms with Gasteiger partial charge in [-0.3, -0.25) is 4.79 Å². The molecule has 19 heavy (non-hydrogen) atoms. The van der Waals surface area contributed by atoms with Gasteiger partial charge in [-0.05, 0) is 28.8 Å². The zero-order chi connectivity index (χ0) is 13.7. The summed E-state index contributed by atoms with van der Waals surface area (Å²) in [6.45, 7) is 1.74. The molecule has 0 amide bonds. The molecule has 0 saturated carbocycles. The Morgan fingerprint density at radius 2 is 1.53 bits per heavy atom. The number of carbonyl (C=O) groups is 1. The standard InChI is InChI=1S/C16H17NO2/c1-12(18)19-11-13-3-5-14(6-4-13)15-7-9-16(17-2)10-8-15/h3-10,17H,11H2,1-2H3. The van der Waals surface area contributed by atoms with Crippen molar-refractivity contribution in [2.24, 2.45) is 0 Å². The number of nitrogens with one attached hydrogen (secondary N) is 1. The lowest BCUT2D eigenvalue weighted by Crippen LogP contribution is -1.98. The molecular weight excluding hydrogens is 238 g/mol. The smallest absolute Gasteiger partial charge is 0.302 e. The molecular formula is C16H17NO2. The summed E-state index contributed by atoms with van der Waals surface area (Å²) in [4.78, 5) is 10.7. The Balaban J connectivity index is 2.10. The van der Waals surface area contributed by atoms with Crippen molar-refractivity contribution in [3.63, 3.8) is 0 Å². The van der Waals surface area contributed by atoms with E-state index in [0.29, 0.717) is 6.61 Å². The molecule has 3 heteroatoms. The molecule has 0 atom stereocenters. The Morgan fingerprint density at radius 3 is 2.00 bits per heavy atom. The number of esters is 1. The average molecular weight is 255 g/mol. The molecule has 1 N–H and O–H groups in total. The fraction of sp³-hybridized carbons (Fsp3) is 0.188. The maximum Gasteiger partial charge on any atom is 0.302 e. The molecule has 2 aromatic carbocycles. The minimum atomic E-state index is -0.258. The highest BCUT2D eigenvalue weighted by Gasteiger charge is 2.00.